The number of aryl methyl sites for hydroxylation is 1. The molecule has 13 nitrogen and oxygen atoms in total. The van der Waals surface area contributed by atoms with Gasteiger partial charge in [0.1, 0.15) is 17.4 Å². The number of rotatable bonds is 15. The third-order valence-corrected chi connectivity index (χ3v) is 6.54. The van der Waals surface area contributed by atoms with Crippen LogP contribution in [0.5, 0.6) is 0 Å². The molecular weight excluding hydrogens is 528 g/mol. The number of nitrogens with zero attached hydrogens (tertiary/aromatic N) is 3. The van der Waals surface area contributed by atoms with Crippen LogP contribution >= 0.6 is 0 Å². The van der Waals surface area contributed by atoms with Crippen LogP contribution in [0.1, 0.15) is 41.0 Å². The van der Waals surface area contributed by atoms with Crippen molar-refractivity contribution in [3.05, 3.63) is 71.7 Å². The topological polar surface area (TPSA) is 220 Å². The van der Waals surface area contributed by atoms with Crippen molar-refractivity contribution in [3.8, 4) is 0 Å². The highest BCUT2D eigenvalue weighted by molar-refractivity contribution is 5.95. The third kappa shape index (κ3) is 8.86. The molecule has 0 saturated heterocycles. The first kappa shape index (κ1) is 30.8. The second-order valence-corrected chi connectivity index (χ2v) is 9.70. The summed E-state index contributed by atoms with van der Waals surface area (Å²) in [4.78, 5) is 59.3. The van der Waals surface area contributed by atoms with Gasteiger partial charge in [0, 0.05) is 31.6 Å². The van der Waals surface area contributed by atoms with E-state index in [1.807, 2.05) is 30.3 Å². The Labute approximate surface area is 237 Å². The molecule has 13 heteroatoms. The molecule has 0 aliphatic heterocycles. The molecule has 0 fully saturated rings. The highest BCUT2D eigenvalue weighted by atomic mass is 16.4. The molecule has 41 heavy (non-hydrogen) atoms. The van der Waals surface area contributed by atoms with E-state index >= 15 is 0 Å². The number of guanidine groups is 1. The third-order valence-electron chi connectivity index (χ3n) is 6.54. The lowest BCUT2D eigenvalue weighted by Crippen LogP contribution is -2.50. The summed E-state index contributed by atoms with van der Waals surface area (Å²) in [5.74, 6) is -3.86. The SMILES string of the molecule is Cc1nc2ccccn2c1C(=O)NC[C@H](NC(=O)[C@H](CCCN=C(N)N)CC(=O)[C@@H](N)Cc1ccccc1)C(=O)O. The molecule has 2 aromatic heterocycles. The van der Waals surface area contributed by atoms with Crippen molar-refractivity contribution in [3.63, 3.8) is 0 Å². The van der Waals surface area contributed by atoms with E-state index in [1.165, 1.54) is 0 Å². The van der Waals surface area contributed by atoms with E-state index < -0.39 is 35.8 Å². The average Bonchev–Trinajstić information content (AvgIpc) is 3.28. The minimum atomic E-state index is -1.45. The highest BCUT2D eigenvalue weighted by Gasteiger charge is 2.29. The maximum Gasteiger partial charge on any atom is 0.328 e. The Morgan fingerprint density at radius 3 is 2.46 bits per heavy atom. The smallest absolute Gasteiger partial charge is 0.328 e. The zero-order chi connectivity index (χ0) is 29.9. The molecule has 2 amide bonds. The molecule has 0 saturated carbocycles. The lowest BCUT2D eigenvalue weighted by Gasteiger charge is -2.21. The summed E-state index contributed by atoms with van der Waals surface area (Å²) in [5.41, 5.74) is 19.0. The number of benzene rings is 1. The van der Waals surface area contributed by atoms with Gasteiger partial charge >= 0.3 is 5.97 Å². The fraction of sp³-hybridized carbons (Fsp3) is 0.357. The van der Waals surface area contributed by atoms with Gasteiger partial charge in [-0.05, 0) is 43.9 Å². The van der Waals surface area contributed by atoms with Gasteiger partial charge in [-0.15, -0.1) is 0 Å². The molecule has 0 aliphatic rings. The number of aliphatic carboxylic acids is 1. The van der Waals surface area contributed by atoms with Crippen LogP contribution in [0.3, 0.4) is 0 Å². The number of nitrogens with one attached hydrogen (secondary N) is 2. The van der Waals surface area contributed by atoms with Gasteiger partial charge in [-0.3, -0.25) is 23.8 Å². The largest absolute Gasteiger partial charge is 0.480 e. The molecule has 3 atom stereocenters. The number of Topliss-reactive ketones (excluding diaryl/α,β-unsaturated/α-hetero) is 1. The van der Waals surface area contributed by atoms with E-state index in [0.717, 1.165) is 5.56 Å². The van der Waals surface area contributed by atoms with E-state index in [2.05, 4.69) is 20.6 Å². The van der Waals surface area contributed by atoms with E-state index in [4.69, 9.17) is 17.2 Å². The molecular formula is C28H36N8O5. The van der Waals surface area contributed by atoms with Gasteiger partial charge in [-0.25, -0.2) is 9.78 Å². The van der Waals surface area contributed by atoms with Gasteiger partial charge in [0.05, 0.1) is 11.7 Å². The summed E-state index contributed by atoms with van der Waals surface area (Å²) in [5, 5.41) is 14.8. The van der Waals surface area contributed by atoms with Gasteiger partial charge in [0.25, 0.3) is 5.91 Å². The minimum absolute atomic E-state index is 0.102. The van der Waals surface area contributed by atoms with Crippen molar-refractivity contribution in [2.24, 2.45) is 28.1 Å². The number of imidazole rings is 1. The Morgan fingerprint density at radius 1 is 1.07 bits per heavy atom. The number of carbonyl (C=O) groups is 4. The van der Waals surface area contributed by atoms with Crippen LogP contribution in [0.25, 0.3) is 5.65 Å². The second-order valence-electron chi connectivity index (χ2n) is 9.70. The van der Waals surface area contributed by atoms with E-state index in [-0.39, 0.29) is 43.4 Å². The number of carboxylic acids is 1. The lowest BCUT2D eigenvalue weighted by molar-refractivity contribution is -0.142. The van der Waals surface area contributed by atoms with Crippen LogP contribution in [0.15, 0.2) is 59.7 Å². The van der Waals surface area contributed by atoms with E-state index in [0.29, 0.717) is 24.2 Å². The molecule has 218 valence electrons. The first-order valence-corrected chi connectivity index (χ1v) is 13.2. The highest BCUT2D eigenvalue weighted by Crippen LogP contribution is 2.16. The number of ketones is 1. The standard InChI is InChI=1S/C28H36N8O5/c1-17-24(36-13-6-5-11-23(36)34-17)26(39)33-16-21(27(40)41)35-25(38)19(10-7-12-32-28(30)31)15-22(37)20(29)14-18-8-3-2-4-9-18/h2-6,8-9,11,13,19-21H,7,10,12,14-16,29H2,1H3,(H,33,39)(H,35,38)(H,40,41)(H4,30,31,32)/t19-,20+,21+/m1/s1. The molecule has 3 aromatic rings. The summed E-state index contributed by atoms with van der Waals surface area (Å²) < 4.78 is 1.59. The summed E-state index contributed by atoms with van der Waals surface area (Å²) >= 11 is 0. The van der Waals surface area contributed by atoms with Gasteiger partial charge in [0.15, 0.2) is 11.7 Å². The van der Waals surface area contributed by atoms with Crippen LogP contribution in [0.2, 0.25) is 0 Å². The quantitative estimate of drug-likeness (QED) is 0.0838. The number of nitrogens with two attached hydrogens (primary N) is 3. The molecule has 0 radical (unpaired) electrons. The zero-order valence-electron chi connectivity index (χ0n) is 22.8. The fourth-order valence-electron chi connectivity index (χ4n) is 4.40. The molecule has 0 spiro atoms. The number of aliphatic imine (C=N–C) groups is 1. The summed E-state index contributed by atoms with van der Waals surface area (Å²) in [7, 11) is 0. The Hall–Kier alpha value is -4.78. The van der Waals surface area contributed by atoms with Crippen molar-refractivity contribution in [2.75, 3.05) is 13.1 Å². The van der Waals surface area contributed by atoms with Crippen LogP contribution in [-0.4, -0.2) is 69.2 Å². The number of carboxylic acid groups (broad SMARTS) is 1. The fourth-order valence-corrected chi connectivity index (χ4v) is 4.40. The Bertz CT molecular complexity index is 1400. The Balaban J connectivity index is 1.67. The number of hydrogen-bond donors (Lipinski definition) is 6. The Kier molecular flexibility index (Phi) is 10.9. The van der Waals surface area contributed by atoms with Gasteiger partial charge in [-0.2, -0.15) is 0 Å². The van der Waals surface area contributed by atoms with Crippen LogP contribution in [0.4, 0.5) is 0 Å². The molecule has 0 unspecified atom stereocenters. The maximum atomic E-state index is 13.2. The number of pyridine rings is 1. The number of amides is 2. The summed E-state index contributed by atoms with van der Waals surface area (Å²) in [6.45, 7) is 1.51. The molecule has 0 aliphatic carbocycles. The van der Waals surface area contributed by atoms with Crippen LogP contribution in [0, 0.1) is 12.8 Å². The lowest BCUT2D eigenvalue weighted by atomic mass is 9.91. The van der Waals surface area contributed by atoms with Crippen molar-refractivity contribution in [2.45, 2.75) is 44.7 Å². The predicted molar refractivity (Wildman–Crippen MR) is 153 cm³/mol. The van der Waals surface area contributed by atoms with Gasteiger partial charge in [-0.1, -0.05) is 36.4 Å². The number of fused-ring (bicyclic) bond motifs is 1. The van der Waals surface area contributed by atoms with Crippen LogP contribution in [-0.2, 0) is 20.8 Å². The Morgan fingerprint density at radius 2 is 1.78 bits per heavy atom. The molecule has 2 heterocycles. The number of aromatic nitrogens is 2. The van der Waals surface area contributed by atoms with Gasteiger partial charge in [0.2, 0.25) is 5.91 Å². The summed E-state index contributed by atoms with van der Waals surface area (Å²) in [6, 6.07) is 12.2. The first-order chi connectivity index (χ1) is 19.6. The van der Waals surface area contributed by atoms with E-state index in [9.17, 15) is 24.3 Å². The van der Waals surface area contributed by atoms with Crippen molar-refractivity contribution < 1.29 is 24.3 Å². The monoisotopic (exact) mass is 564 g/mol. The second kappa shape index (κ2) is 14.6. The van der Waals surface area contributed by atoms with Crippen LogP contribution < -0.4 is 27.8 Å². The van der Waals surface area contributed by atoms with Crippen molar-refractivity contribution in [1.29, 1.82) is 0 Å². The van der Waals surface area contributed by atoms with Crippen molar-refractivity contribution >= 4 is 35.2 Å². The number of hydrogen-bond acceptors (Lipinski definition) is 7. The molecule has 1 aromatic carbocycles. The molecule has 0 bridgehead atoms. The van der Waals surface area contributed by atoms with E-state index in [1.54, 1.807) is 35.7 Å². The van der Waals surface area contributed by atoms with Crippen molar-refractivity contribution in [1.82, 2.24) is 20.0 Å². The van der Waals surface area contributed by atoms with Gasteiger partial charge < -0.3 is 32.9 Å². The molecule has 9 N–H and O–H groups in total. The summed E-state index contributed by atoms with van der Waals surface area (Å²) in [6.07, 6.45) is 2.37. The average molecular weight is 565 g/mol. The zero-order valence-corrected chi connectivity index (χ0v) is 22.8. The predicted octanol–water partition coefficient (Wildman–Crippen LogP) is 0.141. The molecule has 3 rings (SSSR count). The first-order valence-electron chi connectivity index (χ1n) is 13.2. The normalized spacial score (nSPS) is 13.1. The maximum absolute atomic E-state index is 13.2. The minimum Gasteiger partial charge on any atom is -0.480 e. The number of carbonyl (C=O) groups excluding carboxylic acids is 3.